The fraction of sp³-hybridized carbons (Fsp3) is 0.500. The monoisotopic (exact) mass is 234 g/mol. The lowest BCUT2D eigenvalue weighted by Crippen LogP contribution is -2.16. The van der Waals surface area contributed by atoms with E-state index in [1.54, 1.807) is 0 Å². The maximum atomic E-state index is 11.4. The van der Waals surface area contributed by atoms with Crippen LogP contribution in [-0.4, -0.2) is 25.1 Å². The predicted molar refractivity (Wildman–Crippen MR) is 65.5 cm³/mol. The van der Waals surface area contributed by atoms with E-state index in [1.165, 1.54) is 0 Å². The van der Waals surface area contributed by atoms with E-state index in [1.807, 2.05) is 31.2 Å². The van der Waals surface area contributed by atoms with Crippen molar-refractivity contribution in [2.75, 3.05) is 13.2 Å². The van der Waals surface area contributed by atoms with Crippen LogP contribution in [0.3, 0.4) is 0 Å². The highest BCUT2D eigenvalue weighted by atomic mass is 16.5. The van der Waals surface area contributed by atoms with Gasteiger partial charge in [-0.05, 0) is 37.1 Å². The molecule has 0 radical (unpaired) electrons. The van der Waals surface area contributed by atoms with Crippen molar-refractivity contribution in [2.24, 2.45) is 0 Å². The Hall–Kier alpha value is -1.35. The molecule has 3 nitrogen and oxygen atoms in total. The standard InChI is InChI=1S/C14H18O3/c1-2-14(15)11-5-7-12(8-6-11)17-10-13-4-3-9-16-13/h5-8,13H,2-4,9-10H2,1H3. The maximum Gasteiger partial charge on any atom is 0.162 e. The fourth-order valence-corrected chi connectivity index (χ4v) is 1.91. The van der Waals surface area contributed by atoms with E-state index in [9.17, 15) is 4.79 Å². The Kier molecular flexibility index (Phi) is 4.15. The molecular formula is C14H18O3. The molecule has 0 aliphatic carbocycles. The molecule has 1 fully saturated rings. The Labute approximate surface area is 102 Å². The third kappa shape index (κ3) is 3.30. The number of hydrogen-bond acceptors (Lipinski definition) is 3. The van der Waals surface area contributed by atoms with Crippen molar-refractivity contribution in [3.05, 3.63) is 29.8 Å². The molecule has 1 aromatic rings. The molecule has 92 valence electrons. The Morgan fingerprint density at radius 3 is 2.76 bits per heavy atom. The van der Waals surface area contributed by atoms with Crippen LogP contribution in [-0.2, 0) is 4.74 Å². The molecule has 1 unspecified atom stereocenters. The highest BCUT2D eigenvalue weighted by Gasteiger charge is 2.15. The minimum atomic E-state index is 0.163. The summed E-state index contributed by atoms with van der Waals surface area (Å²) in [5.74, 6) is 0.962. The molecule has 0 bridgehead atoms. The molecular weight excluding hydrogens is 216 g/mol. The number of carbonyl (C=O) groups excluding carboxylic acids is 1. The van der Waals surface area contributed by atoms with Crippen molar-refractivity contribution in [1.82, 2.24) is 0 Å². The first kappa shape index (κ1) is 12.1. The SMILES string of the molecule is CCC(=O)c1ccc(OCC2CCCO2)cc1. The van der Waals surface area contributed by atoms with Gasteiger partial charge in [0, 0.05) is 18.6 Å². The van der Waals surface area contributed by atoms with E-state index in [0.29, 0.717) is 13.0 Å². The van der Waals surface area contributed by atoms with E-state index >= 15 is 0 Å². The molecule has 1 saturated heterocycles. The molecule has 0 N–H and O–H groups in total. The van der Waals surface area contributed by atoms with Gasteiger partial charge in [0.25, 0.3) is 0 Å². The van der Waals surface area contributed by atoms with E-state index < -0.39 is 0 Å². The molecule has 0 saturated carbocycles. The Balaban J connectivity index is 1.87. The second kappa shape index (κ2) is 5.82. The van der Waals surface area contributed by atoms with Crippen LogP contribution >= 0.6 is 0 Å². The molecule has 0 aromatic heterocycles. The summed E-state index contributed by atoms with van der Waals surface area (Å²) < 4.78 is 11.1. The first-order valence-corrected chi connectivity index (χ1v) is 6.17. The Morgan fingerprint density at radius 1 is 1.41 bits per heavy atom. The summed E-state index contributed by atoms with van der Waals surface area (Å²) in [6.45, 7) is 3.31. The third-order valence-corrected chi connectivity index (χ3v) is 2.96. The summed E-state index contributed by atoms with van der Waals surface area (Å²) in [5.41, 5.74) is 0.747. The van der Waals surface area contributed by atoms with Crippen LogP contribution in [0.1, 0.15) is 36.5 Å². The van der Waals surface area contributed by atoms with Gasteiger partial charge in [0.2, 0.25) is 0 Å². The van der Waals surface area contributed by atoms with Gasteiger partial charge in [0.1, 0.15) is 12.4 Å². The summed E-state index contributed by atoms with van der Waals surface area (Å²) in [5, 5.41) is 0. The van der Waals surface area contributed by atoms with Crippen molar-refractivity contribution >= 4 is 5.78 Å². The lowest BCUT2D eigenvalue weighted by atomic mass is 10.1. The average molecular weight is 234 g/mol. The Bertz CT molecular complexity index is 364. The number of rotatable bonds is 5. The molecule has 1 aromatic carbocycles. The van der Waals surface area contributed by atoms with Crippen molar-refractivity contribution < 1.29 is 14.3 Å². The number of ether oxygens (including phenoxy) is 2. The predicted octanol–water partition coefficient (Wildman–Crippen LogP) is 2.84. The number of hydrogen-bond donors (Lipinski definition) is 0. The molecule has 1 aliphatic heterocycles. The molecule has 1 atom stereocenters. The van der Waals surface area contributed by atoms with Gasteiger partial charge in [-0.1, -0.05) is 6.92 Å². The number of benzene rings is 1. The first-order valence-electron chi connectivity index (χ1n) is 6.17. The highest BCUT2D eigenvalue weighted by Crippen LogP contribution is 2.17. The highest BCUT2D eigenvalue weighted by molar-refractivity contribution is 5.95. The van der Waals surface area contributed by atoms with Crippen molar-refractivity contribution in [3.63, 3.8) is 0 Å². The zero-order valence-corrected chi connectivity index (χ0v) is 10.1. The third-order valence-electron chi connectivity index (χ3n) is 2.96. The zero-order chi connectivity index (χ0) is 12.1. The molecule has 2 rings (SSSR count). The molecule has 0 spiro atoms. The minimum absolute atomic E-state index is 0.163. The molecule has 3 heteroatoms. The van der Waals surface area contributed by atoms with Gasteiger partial charge in [-0.3, -0.25) is 4.79 Å². The lowest BCUT2D eigenvalue weighted by molar-refractivity contribution is 0.0679. The van der Waals surface area contributed by atoms with Crippen LogP contribution in [0.5, 0.6) is 5.75 Å². The second-order valence-corrected chi connectivity index (χ2v) is 4.25. The summed E-state index contributed by atoms with van der Waals surface area (Å²) in [7, 11) is 0. The van der Waals surface area contributed by atoms with Gasteiger partial charge in [-0.25, -0.2) is 0 Å². The van der Waals surface area contributed by atoms with Gasteiger partial charge in [0.05, 0.1) is 6.10 Å². The van der Waals surface area contributed by atoms with Crippen molar-refractivity contribution in [2.45, 2.75) is 32.3 Å². The first-order chi connectivity index (χ1) is 8.29. The van der Waals surface area contributed by atoms with Crippen molar-refractivity contribution in [3.8, 4) is 5.75 Å². The number of ketones is 1. The van der Waals surface area contributed by atoms with Crippen LogP contribution in [0.4, 0.5) is 0 Å². The Morgan fingerprint density at radius 2 is 2.18 bits per heavy atom. The van der Waals surface area contributed by atoms with E-state index in [0.717, 1.165) is 30.8 Å². The topological polar surface area (TPSA) is 35.5 Å². The summed E-state index contributed by atoms with van der Waals surface area (Å²) in [6, 6.07) is 7.32. The fourth-order valence-electron chi connectivity index (χ4n) is 1.91. The smallest absolute Gasteiger partial charge is 0.162 e. The maximum absolute atomic E-state index is 11.4. The largest absolute Gasteiger partial charge is 0.491 e. The average Bonchev–Trinajstić information content (AvgIpc) is 2.89. The molecule has 17 heavy (non-hydrogen) atoms. The van der Waals surface area contributed by atoms with Crippen LogP contribution in [0, 0.1) is 0 Å². The normalized spacial score (nSPS) is 19.2. The quantitative estimate of drug-likeness (QED) is 0.735. The van der Waals surface area contributed by atoms with Gasteiger partial charge in [-0.15, -0.1) is 0 Å². The molecule has 1 aliphatic rings. The van der Waals surface area contributed by atoms with Crippen LogP contribution < -0.4 is 4.74 Å². The lowest BCUT2D eigenvalue weighted by Gasteiger charge is -2.11. The van der Waals surface area contributed by atoms with E-state index in [4.69, 9.17) is 9.47 Å². The number of Topliss-reactive ketones (excluding diaryl/α,β-unsaturated/α-hetero) is 1. The second-order valence-electron chi connectivity index (χ2n) is 4.25. The molecule has 1 heterocycles. The van der Waals surface area contributed by atoms with Crippen molar-refractivity contribution in [1.29, 1.82) is 0 Å². The molecule has 0 amide bonds. The number of carbonyl (C=O) groups is 1. The zero-order valence-electron chi connectivity index (χ0n) is 10.1. The van der Waals surface area contributed by atoms with Gasteiger partial charge >= 0.3 is 0 Å². The summed E-state index contributed by atoms with van der Waals surface area (Å²) in [4.78, 5) is 11.4. The van der Waals surface area contributed by atoms with Gasteiger partial charge < -0.3 is 9.47 Å². The van der Waals surface area contributed by atoms with Crippen LogP contribution in [0.2, 0.25) is 0 Å². The van der Waals surface area contributed by atoms with Gasteiger partial charge in [-0.2, -0.15) is 0 Å². The van der Waals surface area contributed by atoms with E-state index in [2.05, 4.69) is 0 Å². The minimum Gasteiger partial charge on any atom is -0.491 e. The van der Waals surface area contributed by atoms with Gasteiger partial charge in [0.15, 0.2) is 5.78 Å². The summed E-state index contributed by atoms with van der Waals surface area (Å²) in [6.07, 6.45) is 2.97. The van der Waals surface area contributed by atoms with Crippen LogP contribution in [0.15, 0.2) is 24.3 Å². The van der Waals surface area contributed by atoms with E-state index in [-0.39, 0.29) is 11.9 Å². The summed E-state index contributed by atoms with van der Waals surface area (Å²) >= 11 is 0. The van der Waals surface area contributed by atoms with Crippen LogP contribution in [0.25, 0.3) is 0 Å².